The van der Waals surface area contributed by atoms with Crippen LogP contribution in [0.2, 0.25) is 0 Å². The Morgan fingerprint density at radius 1 is 1.03 bits per heavy atom. The van der Waals surface area contributed by atoms with Crippen LogP contribution in [0.15, 0.2) is 48.5 Å². The molecule has 1 saturated heterocycles. The van der Waals surface area contributed by atoms with Crippen LogP contribution in [0, 0.1) is 11.8 Å². The van der Waals surface area contributed by atoms with Crippen LogP contribution in [0.5, 0.6) is 0 Å². The minimum absolute atomic E-state index is 0.0391. The van der Waals surface area contributed by atoms with Crippen molar-refractivity contribution in [2.45, 2.75) is 30.9 Å². The van der Waals surface area contributed by atoms with Gasteiger partial charge in [-0.2, -0.15) is 0 Å². The summed E-state index contributed by atoms with van der Waals surface area (Å²) in [6, 6.07) is 15.7. The molecule has 4 atom stereocenters. The van der Waals surface area contributed by atoms with Gasteiger partial charge in [0.15, 0.2) is 6.10 Å². The Balaban J connectivity index is 1.15. The van der Waals surface area contributed by atoms with Crippen molar-refractivity contribution >= 4 is 18.0 Å². The molecule has 33 heavy (non-hydrogen) atoms. The first-order valence-corrected chi connectivity index (χ1v) is 11.3. The highest BCUT2D eigenvalue weighted by atomic mass is 16.6. The molecule has 8 nitrogen and oxygen atoms in total. The van der Waals surface area contributed by atoms with Crippen LogP contribution < -0.4 is 10.6 Å². The lowest BCUT2D eigenvalue weighted by atomic mass is 9.98. The Kier molecular flexibility index (Phi) is 5.76. The van der Waals surface area contributed by atoms with Gasteiger partial charge in [0, 0.05) is 19.1 Å². The number of hydrogen-bond acceptors (Lipinski definition) is 5. The van der Waals surface area contributed by atoms with Crippen molar-refractivity contribution in [1.82, 2.24) is 10.6 Å². The molecule has 1 heterocycles. The van der Waals surface area contributed by atoms with E-state index >= 15 is 0 Å². The van der Waals surface area contributed by atoms with Crippen molar-refractivity contribution in [3.8, 4) is 11.1 Å². The molecule has 2 aliphatic carbocycles. The summed E-state index contributed by atoms with van der Waals surface area (Å²) in [5.74, 6) is -1.64. The smallest absolute Gasteiger partial charge is 0.407 e. The molecule has 0 radical (unpaired) electrons. The van der Waals surface area contributed by atoms with Crippen molar-refractivity contribution in [1.29, 1.82) is 0 Å². The van der Waals surface area contributed by atoms with Crippen LogP contribution >= 0.6 is 0 Å². The molecule has 0 spiro atoms. The van der Waals surface area contributed by atoms with Gasteiger partial charge < -0.3 is 25.2 Å². The van der Waals surface area contributed by atoms with Crippen LogP contribution in [0.3, 0.4) is 0 Å². The Morgan fingerprint density at radius 3 is 2.33 bits per heavy atom. The third-order valence-corrected chi connectivity index (χ3v) is 6.78. The molecule has 2 fully saturated rings. The second kappa shape index (κ2) is 8.86. The van der Waals surface area contributed by atoms with Gasteiger partial charge in [-0.05, 0) is 41.0 Å². The van der Waals surface area contributed by atoms with E-state index in [4.69, 9.17) is 14.6 Å². The summed E-state index contributed by atoms with van der Waals surface area (Å²) >= 11 is 0. The van der Waals surface area contributed by atoms with E-state index in [1.165, 1.54) is 0 Å². The topological polar surface area (TPSA) is 114 Å². The predicted octanol–water partition coefficient (Wildman–Crippen LogP) is 2.52. The highest BCUT2D eigenvalue weighted by Gasteiger charge is 2.44. The zero-order chi connectivity index (χ0) is 22.9. The summed E-state index contributed by atoms with van der Waals surface area (Å²) in [6.45, 7) is 0.851. The molecule has 172 valence electrons. The van der Waals surface area contributed by atoms with E-state index in [-0.39, 0.29) is 30.3 Å². The third kappa shape index (κ3) is 4.30. The van der Waals surface area contributed by atoms with Gasteiger partial charge in [0.1, 0.15) is 6.61 Å². The monoisotopic (exact) mass is 450 g/mol. The van der Waals surface area contributed by atoms with Crippen LogP contribution in [-0.2, 0) is 19.1 Å². The molecule has 0 unspecified atom stereocenters. The standard InChI is InChI=1S/C25H26N2O6/c28-23(26-12-14-11-19(14)24(29)30)22-21(9-10-32-22)27-25(31)33-13-20-17-7-3-1-5-15(17)16-6-2-4-8-18(16)20/h1-8,14,19-22H,9-13H2,(H,26,28)(H,27,31)(H,29,30)/t14-,19-,21+,22-/m1/s1. The molecule has 1 aliphatic heterocycles. The summed E-state index contributed by atoms with van der Waals surface area (Å²) < 4.78 is 11.1. The number of carboxylic acid groups (broad SMARTS) is 1. The molecular formula is C25H26N2O6. The molecule has 2 aromatic rings. The van der Waals surface area contributed by atoms with Gasteiger partial charge in [0.2, 0.25) is 0 Å². The summed E-state index contributed by atoms with van der Waals surface area (Å²) in [6.07, 6.45) is -0.322. The van der Waals surface area contributed by atoms with Crippen molar-refractivity contribution in [2.24, 2.45) is 11.8 Å². The number of benzene rings is 2. The van der Waals surface area contributed by atoms with E-state index in [0.29, 0.717) is 26.0 Å². The lowest BCUT2D eigenvalue weighted by Crippen LogP contribution is -2.48. The van der Waals surface area contributed by atoms with Crippen molar-refractivity contribution in [3.05, 3.63) is 59.7 Å². The van der Waals surface area contributed by atoms with Gasteiger partial charge in [-0.3, -0.25) is 9.59 Å². The van der Waals surface area contributed by atoms with Gasteiger partial charge in [-0.25, -0.2) is 4.79 Å². The fraction of sp³-hybridized carbons (Fsp3) is 0.400. The van der Waals surface area contributed by atoms with E-state index in [9.17, 15) is 14.4 Å². The average molecular weight is 450 g/mol. The first-order valence-electron chi connectivity index (χ1n) is 11.3. The second-order valence-electron chi connectivity index (χ2n) is 8.84. The van der Waals surface area contributed by atoms with E-state index in [0.717, 1.165) is 22.3 Å². The molecule has 2 aromatic carbocycles. The average Bonchev–Trinajstić information content (AvgIpc) is 3.35. The highest BCUT2D eigenvalue weighted by molar-refractivity contribution is 5.83. The number of carbonyl (C=O) groups is 3. The molecule has 0 bridgehead atoms. The third-order valence-electron chi connectivity index (χ3n) is 6.78. The zero-order valence-corrected chi connectivity index (χ0v) is 18.0. The molecule has 5 rings (SSSR count). The van der Waals surface area contributed by atoms with Crippen LogP contribution in [0.1, 0.15) is 29.9 Å². The molecule has 3 aliphatic rings. The summed E-state index contributed by atoms with van der Waals surface area (Å²) in [7, 11) is 0. The maximum atomic E-state index is 12.6. The lowest BCUT2D eigenvalue weighted by molar-refractivity contribution is -0.139. The Bertz CT molecular complexity index is 1040. The summed E-state index contributed by atoms with van der Waals surface area (Å²) in [4.78, 5) is 36.0. The number of rotatable bonds is 7. The molecule has 1 saturated carbocycles. The largest absolute Gasteiger partial charge is 0.481 e. The maximum absolute atomic E-state index is 12.6. The van der Waals surface area contributed by atoms with E-state index in [2.05, 4.69) is 34.9 Å². The summed E-state index contributed by atoms with van der Waals surface area (Å²) in [5.41, 5.74) is 4.58. The van der Waals surface area contributed by atoms with E-state index < -0.39 is 24.2 Å². The number of nitrogens with one attached hydrogen (secondary N) is 2. The SMILES string of the molecule is O=C(N[C@H]1CCO[C@H]1C(=O)NC[C@H]1C[C@H]1C(=O)O)OCC1c2ccccc2-c2ccccc21. The number of carbonyl (C=O) groups excluding carboxylic acids is 2. The van der Waals surface area contributed by atoms with Crippen LogP contribution in [-0.4, -0.2) is 55.0 Å². The highest BCUT2D eigenvalue weighted by Crippen LogP contribution is 2.44. The van der Waals surface area contributed by atoms with Crippen molar-refractivity contribution < 1.29 is 29.0 Å². The first kappa shape index (κ1) is 21.5. The minimum Gasteiger partial charge on any atom is -0.481 e. The zero-order valence-electron chi connectivity index (χ0n) is 18.0. The van der Waals surface area contributed by atoms with Crippen LogP contribution in [0.4, 0.5) is 4.79 Å². The molecule has 2 amide bonds. The Hall–Kier alpha value is -3.39. The number of ether oxygens (including phenoxy) is 2. The first-order chi connectivity index (χ1) is 16.0. The number of hydrogen-bond donors (Lipinski definition) is 3. The van der Waals surface area contributed by atoms with Gasteiger partial charge in [0.25, 0.3) is 5.91 Å². The molecule has 8 heteroatoms. The quantitative estimate of drug-likeness (QED) is 0.597. The second-order valence-corrected chi connectivity index (χ2v) is 8.84. The number of fused-ring (bicyclic) bond motifs is 3. The number of amides is 2. The normalized spacial score (nSPS) is 25.1. The molecule has 3 N–H and O–H groups in total. The number of carboxylic acids is 1. The van der Waals surface area contributed by atoms with Gasteiger partial charge >= 0.3 is 12.1 Å². The maximum Gasteiger partial charge on any atom is 0.407 e. The van der Waals surface area contributed by atoms with E-state index in [1.807, 2.05) is 24.3 Å². The van der Waals surface area contributed by atoms with Crippen molar-refractivity contribution in [3.63, 3.8) is 0 Å². The Morgan fingerprint density at radius 2 is 1.70 bits per heavy atom. The molecular weight excluding hydrogens is 424 g/mol. The summed E-state index contributed by atoms with van der Waals surface area (Å²) in [5, 5.41) is 14.5. The van der Waals surface area contributed by atoms with Gasteiger partial charge in [-0.1, -0.05) is 48.5 Å². The number of aliphatic carboxylic acids is 1. The number of alkyl carbamates (subject to hydrolysis) is 1. The van der Waals surface area contributed by atoms with E-state index in [1.54, 1.807) is 0 Å². The van der Waals surface area contributed by atoms with Gasteiger partial charge in [-0.15, -0.1) is 0 Å². The minimum atomic E-state index is -0.832. The molecule has 0 aromatic heterocycles. The van der Waals surface area contributed by atoms with Gasteiger partial charge in [0.05, 0.1) is 12.0 Å². The Labute approximate surface area is 191 Å². The fourth-order valence-corrected chi connectivity index (χ4v) is 4.90. The predicted molar refractivity (Wildman–Crippen MR) is 119 cm³/mol. The van der Waals surface area contributed by atoms with Crippen LogP contribution in [0.25, 0.3) is 11.1 Å². The van der Waals surface area contributed by atoms with Crippen molar-refractivity contribution in [2.75, 3.05) is 19.8 Å². The fourth-order valence-electron chi connectivity index (χ4n) is 4.90. The lowest BCUT2D eigenvalue weighted by Gasteiger charge is -2.20.